The number of fused-ring (bicyclic) bond motifs is 3. The lowest BCUT2D eigenvalue weighted by atomic mass is 9.91. The molecule has 0 N–H and O–H groups in total. The van der Waals surface area contributed by atoms with Gasteiger partial charge < -0.3 is 9.26 Å². The maximum absolute atomic E-state index is 6.05. The van der Waals surface area contributed by atoms with Crippen LogP contribution in [0, 0.1) is 0 Å². The average molecular weight is 259 g/mol. The fraction of sp³-hybridized carbons (Fsp3) is 0.562. The second-order valence-corrected chi connectivity index (χ2v) is 5.59. The van der Waals surface area contributed by atoms with Gasteiger partial charge in [-0.2, -0.15) is 0 Å². The molecule has 0 saturated carbocycles. The summed E-state index contributed by atoms with van der Waals surface area (Å²) in [6.45, 7) is 7.36. The van der Waals surface area contributed by atoms with Crippen LogP contribution in [0.4, 0.5) is 0 Å². The molecule has 1 aromatic heterocycles. The van der Waals surface area contributed by atoms with E-state index in [-0.39, 0.29) is 0 Å². The molecule has 0 atom stereocenters. The third-order valence-electron chi connectivity index (χ3n) is 3.95. The molecule has 19 heavy (non-hydrogen) atoms. The maximum Gasteiger partial charge on any atom is 0.171 e. The molecule has 2 heterocycles. The lowest BCUT2D eigenvalue weighted by molar-refractivity contribution is 0.320. The Morgan fingerprint density at radius 1 is 1.32 bits per heavy atom. The predicted octanol–water partition coefficient (Wildman–Crippen LogP) is 4.23. The van der Waals surface area contributed by atoms with Crippen LogP contribution in [0.2, 0.25) is 0 Å². The Balaban J connectivity index is 2.32. The Morgan fingerprint density at radius 2 is 2.16 bits per heavy atom. The van der Waals surface area contributed by atoms with E-state index in [1.54, 1.807) is 0 Å². The van der Waals surface area contributed by atoms with E-state index < -0.39 is 0 Å². The summed E-state index contributed by atoms with van der Waals surface area (Å²) in [5.41, 5.74) is 4.62. The Labute approximate surface area is 113 Å². The highest BCUT2D eigenvalue weighted by Crippen LogP contribution is 2.40. The summed E-state index contributed by atoms with van der Waals surface area (Å²) < 4.78 is 11.6. The van der Waals surface area contributed by atoms with Crippen LogP contribution >= 0.6 is 0 Å². The highest BCUT2D eigenvalue weighted by Gasteiger charge is 2.23. The molecule has 0 saturated heterocycles. The van der Waals surface area contributed by atoms with Gasteiger partial charge in [0.1, 0.15) is 5.75 Å². The Bertz CT molecular complexity index is 598. The van der Waals surface area contributed by atoms with Crippen molar-refractivity contribution in [3.8, 4) is 5.75 Å². The largest absolute Gasteiger partial charge is 0.492 e. The minimum absolute atomic E-state index is 0.482. The number of rotatable bonds is 2. The summed E-state index contributed by atoms with van der Waals surface area (Å²) in [6, 6.07) is 2.17. The van der Waals surface area contributed by atoms with Gasteiger partial charge in [0.15, 0.2) is 5.58 Å². The second-order valence-electron chi connectivity index (χ2n) is 5.59. The van der Waals surface area contributed by atoms with Gasteiger partial charge in [-0.25, -0.2) is 0 Å². The predicted molar refractivity (Wildman–Crippen MR) is 75.9 cm³/mol. The van der Waals surface area contributed by atoms with E-state index in [2.05, 4.69) is 32.0 Å². The van der Waals surface area contributed by atoms with Crippen molar-refractivity contribution in [2.45, 2.75) is 52.4 Å². The first kappa shape index (κ1) is 12.5. The summed E-state index contributed by atoms with van der Waals surface area (Å²) >= 11 is 0. The molecule has 102 valence electrons. The van der Waals surface area contributed by atoms with E-state index in [4.69, 9.17) is 9.26 Å². The second kappa shape index (κ2) is 4.87. The van der Waals surface area contributed by atoms with E-state index in [1.807, 2.05) is 0 Å². The molecule has 0 spiro atoms. The van der Waals surface area contributed by atoms with Crippen LogP contribution in [0.15, 0.2) is 10.6 Å². The fourth-order valence-corrected chi connectivity index (χ4v) is 2.94. The van der Waals surface area contributed by atoms with Crippen molar-refractivity contribution in [2.24, 2.45) is 0 Å². The molecule has 3 rings (SSSR count). The topological polar surface area (TPSA) is 35.3 Å². The molecule has 1 aliphatic heterocycles. The molecule has 0 radical (unpaired) electrons. The Morgan fingerprint density at radius 3 is 2.89 bits per heavy atom. The molecular weight excluding hydrogens is 238 g/mol. The van der Waals surface area contributed by atoms with Crippen LogP contribution in [0.1, 0.15) is 56.4 Å². The fourth-order valence-electron chi connectivity index (χ4n) is 2.94. The number of aromatic nitrogens is 1. The summed E-state index contributed by atoms with van der Waals surface area (Å²) in [4.78, 5) is 0. The van der Waals surface area contributed by atoms with E-state index in [0.29, 0.717) is 5.92 Å². The van der Waals surface area contributed by atoms with E-state index >= 15 is 0 Å². The average Bonchev–Trinajstić information content (AvgIpc) is 2.66. The number of hydrogen-bond acceptors (Lipinski definition) is 3. The minimum Gasteiger partial charge on any atom is -0.492 e. The van der Waals surface area contributed by atoms with Gasteiger partial charge >= 0.3 is 0 Å². The first-order valence-corrected chi connectivity index (χ1v) is 7.29. The summed E-state index contributed by atoms with van der Waals surface area (Å²) in [6.07, 6.45) is 4.31. The zero-order chi connectivity index (χ0) is 13.4. The molecule has 0 aliphatic carbocycles. The van der Waals surface area contributed by atoms with Crippen LogP contribution < -0.4 is 4.74 Å². The van der Waals surface area contributed by atoms with Crippen LogP contribution in [-0.4, -0.2) is 11.8 Å². The quantitative estimate of drug-likeness (QED) is 0.809. The highest BCUT2D eigenvalue weighted by molar-refractivity contribution is 5.89. The molecule has 2 aromatic rings. The van der Waals surface area contributed by atoms with Crippen LogP contribution in [0.5, 0.6) is 5.75 Å². The molecular formula is C16H21NO2. The van der Waals surface area contributed by atoms with Crippen molar-refractivity contribution in [2.75, 3.05) is 6.61 Å². The first-order chi connectivity index (χ1) is 9.22. The summed E-state index contributed by atoms with van der Waals surface area (Å²) in [5.74, 6) is 1.52. The van der Waals surface area contributed by atoms with Gasteiger partial charge in [-0.1, -0.05) is 25.9 Å². The number of hydrogen-bond donors (Lipinski definition) is 0. The smallest absolute Gasteiger partial charge is 0.171 e. The lowest BCUT2D eigenvalue weighted by Gasteiger charge is -2.16. The van der Waals surface area contributed by atoms with Crippen molar-refractivity contribution in [3.63, 3.8) is 0 Å². The summed E-state index contributed by atoms with van der Waals surface area (Å²) in [7, 11) is 0. The van der Waals surface area contributed by atoms with Crippen molar-refractivity contribution in [3.05, 3.63) is 22.9 Å². The van der Waals surface area contributed by atoms with Crippen molar-refractivity contribution >= 4 is 11.0 Å². The lowest BCUT2D eigenvalue weighted by Crippen LogP contribution is -2.01. The summed E-state index contributed by atoms with van der Waals surface area (Å²) in [5, 5.41) is 5.30. The van der Waals surface area contributed by atoms with Gasteiger partial charge in [-0.15, -0.1) is 0 Å². The number of nitrogens with zero attached hydrogens (tertiary/aromatic N) is 1. The SMILES string of the molecule is CCc1noc2cc(C(C)C)c3c(c12)OCCCC3. The van der Waals surface area contributed by atoms with Gasteiger partial charge in [-0.3, -0.25) is 0 Å². The highest BCUT2D eigenvalue weighted by atomic mass is 16.5. The van der Waals surface area contributed by atoms with Gasteiger partial charge in [0, 0.05) is 0 Å². The Kier molecular flexibility index (Phi) is 3.21. The molecule has 1 aliphatic rings. The first-order valence-electron chi connectivity index (χ1n) is 7.29. The van der Waals surface area contributed by atoms with Crippen LogP contribution in [0.3, 0.4) is 0 Å². The third kappa shape index (κ3) is 2.01. The number of aryl methyl sites for hydroxylation is 1. The van der Waals surface area contributed by atoms with E-state index in [9.17, 15) is 0 Å². The molecule has 1 aromatic carbocycles. The zero-order valence-corrected chi connectivity index (χ0v) is 12.0. The van der Waals surface area contributed by atoms with E-state index in [1.165, 1.54) is 17.5 Å². The molecule has 0 amide bonds. The number of benzene rings is 1. The molecule has 0 fully saturated rings. The van der Waals surface area contributed by atoms with Gasteiger partial charge in [0.25, 0.3) is 0 Å². The molecule has 3 heteroatoms. The van der Waals surface area contributed by atoms with Gasteiger partial charge in [0.2, 0.25) is 0 Å². The Hall–Kier alpha value is -1.51. The normalized spacial score (nSPS) is 15.4. The van der Waals surface area contributed by atoms with Gasteiger partial charge in [0.05, 0.1) is 17.7 Å². The van der Waals surface area contributed by atoms with Crippen LogP contribution in [0.25, 0.3) is 11.0 Å². The molecule has 0 unspecified atom stereocenters. The maximum atomic E-state index is 6.05. The van der Waals surface area contributed by atoms with Crippen molar-refractivity contribution in [1.29, 1.82) is 0 Å². The molecule has 3 nitrogen and oxygen atoms in total. The number of ether oxygens (including phenoxy) is 1. The van der Waals surface area contributed by atoms with Crippen LogP contribution in [-0.2, 0) is 12.8 Å². The van der Waals surface area contributed by atoms with E-state index in [0.717, 1.165) is 48.3 Å². The molecule has 0 bridgehead atoms. The van der Waals surface area contributed by atoms with Crippen molar-refractivity contribution in [1.82, 2.24) is 5.16 Å². The zero-order valence-electron chi connectivity index (χ0n) is 12.0. The van der Waals surface area contributed by atoms with Gasteiger partial charge in [-0.05, 0) is 48.8 Å². The standard InChI is InChI=1S/C16H21NO2/c1-4-13-15-14(19-17-13)9-12(10(2)3)11-7-5-6-8-18-16(11)15/h9-10H,4-8H2,1-3H3. The monoisotopic (exact) mass is 259 g/mol. The minimum atomic E-state index is 0.482. The third-order valence-corrected chi connectivity index (χ3v) is 3.95. The van der Waals surface area contributed by atoms with Crippen molar-refractivity contribution < 1.29 is 9.26 Å².